The van der Waals surface area contributed by atoms with E-state index in [0.29, 0.717) is 18.4 Å². The summed E-state index contributed by atoms with van der Waals surface area (Å²) in [6.45, 7) is 3.36. The number of hydrogen-bond donors (Lipinski definition) is 0. The Bertz CT molecular complexity index is 632. The van der Waals surface area contributed by atoms with E-state index < -0.39 is 0 Å². The fraction of sp³-hybridized carbons (Fsp3) is 0.722. The first-order valence-corrected chi connectivity index (χ1v) is 9.31. The Hall–Kier alpha value is -1.89. The zero-order chi connectivity index (χ0) is 17.4. The Morgan fingerprint density at radius 2 is 2.04 bits per heavy atom. The van der Waals surface area contributed by atoms with E-state index in [9.17, 15) is 4.79 Å². The van der Waals surface area contributed by atoms with Crippen molar-refractivity contribution in [2.75, 3.05) is 45.2 Å². The topological polar surface area (TPSA) is 61.8 Å². The molecule has 0 aliphatic carbocycles. The molecule has 3 aliphatic heterocycles. The first kappa shape index (κ1) is 16.6. The first-order valence-electron chi connectivity index (χ1n) is 9.31. The molecule has 4 rings (SSSR count). The minimum Gasteiger partial charge on any atom is -0.367 e. The van der Waals surface area contributed by atoms with Gasteiger partial charge >= 0.3 is 6.03 Å². The summed E-state index contributed by atoms with van der Waals surface area (Å²) in [5.74, 6) is 1.23. The highest BCUT2D eigenvalue weighted by Gasteiger charge is 2.42. The molecule has 0 spiro atoms. The lowest BCUT2D eigenvalue weighted by molar-refractivity contribution is -0.00240. The molecule has 3 atom stereocenters. The molecule has 2 amide bonds. The van der Waals surface area contributed by atoms with E-state index in [1.54, 1.807) is 6.20 Å². The molecular weight excluding hydrogens is 318 g/mol. The van der Waals surface area contributed by atoms with Gasteiger partial charge in [0, 0.05) is 46.5 Å². The standard InChI is InChI=1S/C18H27N5O2/c1-21(2)17-19-7-5-14(20-17)15-11-13-6-10-23(12-16(13)25-15)18(24)22-8-3-4-9-22/h5,7,13,15-16H,3-4,6,8-12H2,1-2H3/t13-,15-,16+/m0/s1. The van der Waals surface area contributed by atoms with Gasteiger partial charge in [0.2, 0.25) is 5.95 Å². The number of rotatable bonds is 2. The molecule has 4 heterocycles. The average Bonchev–Trinajstić information content (AvgIpc) is 3.30. The van der Waals surface area contributed by atoms with Crippen molar-refractivity contribution in [3.05, 3.63) is 18.0 Å². The summed E-state index contributed by atoms with van der Waals surface area (Å²) in [5.41, 5.74) is 0.950. The Kier molecular flexibility index (Phi) is 4.50. The van der Waals surface area contributed by atoms with Gasteiger partial charge in [-0.15, -0.1) is 0 Å². The number of nitrogens with zero attached hydrogens (tertiary/aromatic N) is 5. The van der Waals surface area contributed by atoms with Crippen molar-refractivity contribution in [3.63, 3.8) is 0 Å². The zero-order valence-corrected chi connectivity index (χ0v) is 15.1. The average molecular weight is 345 g/mol. The fourth-order valence-corrected chi connectivity index (χ4v) is 4.16. The van der Waals surface area contributed by atoms with E-state index in [0.717, 1.165) is 51.0 Å². The number of ether oxygens (including phenoxy) is 1. The van der Waals surface area contributed by atoms with Crippen molar-refractivity contribution in [1.82, 2.24) is 19.8 Å². The molecule has 0 unspecified atom stereocenters. The number of likely N-dealkylation sites (tertiary alicyclic amines) is 2. The number of fused-ring (bicyclic) bond motifs is 1. The van der Waals surface area contributed by atoms with Gasteiger partial charge in [0.15, 0.2) is 0 Å². The third-order valence-corrected chi connectivity index (χ3v) is 5.59. The lowest BCUT2D eigenvalue weighted by atomic mass is 9.91. The smallest absolute Gasteiger partial charge is 0.320 e. The van der Waals surface area contributed by atoms with Crippen LogP contribution < -0.4 is 4.90 Å². The third-order valence-electron chi connectivity index (χ3n) is 5.59. The maximum atomic E-state index is 12.6. The van der Waals surface area contributed by atoms with Crippen LogP contribution in [-0.4, -0.2) is 72.2 Å². The Morgan fingerprint density at radius 1 is 1.24 bits per heavy atom. The van der Waals surface area contributed by atoms with E-state index in [1.165, 1.54) is 0 Å². The number of amides is 2. The van der Waals surface area contributed by atoms with E-state index in [-0.39, 0.29) is 18.2 Å². The second kappa shape index (κ2) is 6.78. The molecule has 0 radical (unpaired) electrons. The van der Waals surface area contributed by atoms with Crippen LogP contribution in [0.1, 0.15) is 37.5 Å². The van der Waals surface area contributed by atoms with Crippen LogP contribution in [0.15, 0.2) is 12.3 Å². The van der Waals surface area contributed by atoms with E-state index in [1.807, 2.05) is 34.9 Å². The first-order chi connectivity index (χ1) is 12.1. The van der Waals surface area contributed by atoms with Gasteiger partial charge < -0.3 is 19.4 Å². The van der Waals surface area contributed by atoms with Gasteiger partial charge in [-0.3, -0.25) is 0 Å². The molecule has 25 heavy (non-hydrogen) atoms. The molecular formula is C18H27N5O2. The summed E-state index contributed by atoms with van der Waals surface area (Å²) < 4.78 is 6.31. The molecule has 1 aromatic heterocycles. The van der Waals surface area contributed by atoms with Crippen LogP contribution >= 0.6 is 0 Å². The molecule has 0 N–H and O–H groups in total. The highest BCUT2D eigenvalue weighted by atomic mass is 16.5. The monoisotopic (exact) mass is 345 g/mol. The molecule has 136 valence electrons. The van der Waals surface area contributed by atoms with Crippen molar-refractivity contribution >= 4 is 12.0 Å². The minimum atomic E-state index is 0.0125. The molecule has 1 aromatic rings. The lowest BCUT2D eigenvalue weighted by Gasteiger charge is -2.36. The summed E-state index contributed by atoms with van der Waals surface area (Å²) in [5, 5.41) is 0. The van der Waals surface area contributed by atoms with Crippen molar-refractivity contribution in [1.29, 1.82) is 0 Å². The third kappa shape index (κ3) is 3.29. The quantitative estimate of drug-likeness (QED) is 0.819. The van der Waals surface area contributed by atoms with Gasteiger partial charge in [0.05, 0.1) is 11.8 Å². The van der Waals surface area contributed by atoms with Crippen molar-refractivity contribution < 1.29 is 9.53 Å². The zero-order valence-electron chi connectivity index (χ0n) is 15.1. The second-order valence-electron chi connectivity index (χ2n) is 7.55. The number of piperidine rings is 1. The number of aromatic nitrogens is 2. The van der Waals surface area contributed by atoms with Crippen LogP contribution in [-0.2, 0) is 4.74 Å². The van der Waals surface area contributed by atoms with Crippen LogP contribution in [0.5, 0.6) is 0 Å². The number of hydrogen-bond acceptors (Lipinski definition) is 5. The summed E-state index contributed by atoms with van der Waals surface area (Å²) >= 11 is 0. The molecule has 0 bridgehead atoms. The van der Waals surface area contributed by atoms with Crippen LogP contribution in [0.3, 0.4) is 0 Å². The maximum absolute atomic E-state index is 12.6. The van der Waals surface area contributed by atoms with Crippen LogP contribution in [0, 0.1) is 5.92 Å². The minimum absolute atomic E-state index is 0.0125. The van der Waals surface area contributed by atoms with Gasteiger partial charge in [-0.25, -0.2) is 14.8 Å². The summed E-state index contributed by atoms with van der Waals surface area (Å²) in [7, 11) is 3.88. The molecule has 3 saturated heterocycles. The van der Waals surface area contributed by atoms with Gasteiger partial charge in [0.1, 0.15) is 6.10 Å². The number of carbonyl (C=O) groups is 1. The molecule has 0 aromatic carbocycles. The Balaban J connectivity index is 1.41. The number of carbonyl (C=O) groups excluding carboxylic acids is 1. The van der Waals surface area contributed by atoms with Gasteiger partial charge in [-0.2, -0.15) is 0 Å². The molecule has 3 aliphatic rings. The Labute approximate surface area is 149 Å². The summed E-state index contributed by atoms with van der Waals surface area (Å²) in [6.07, 6.45) is 6.21. The largest absolute Gasteiger partial charge is 0.367 e. The van der Waals surface area contributed by atoms with Crippen LogP contribution in [0.2, 0.25) is 0 Å². The predicted molar refractivity (Wildman–Crippen MR) is 94.5 cm³/mol. The summed E-state index contributed by atoms with van der Waals surface area (Å²) in [6, 6.07) is 2.14. The molecule has 7 heteroatoms. The van der Waals surface area contributed by atoms with Crippen LogP contribution in [0.25, 0.3) is 0 Å². The fourth-order valence-electron chi connectivity index (χ4n) is 4.16. The Morgan fingerprint density at radius 3 is 2.80 bits per heavy atom. The van der Waals surface area contributed by atoms with Crippen molar-refractivity contribution in [2.24, 2.45) is 5.92 Å². The van der Waals surface area contributed by atoms with E-state index >= 15 is 0 Å². The van der Waals surface area contributed by atoms with Gasteiger partial charge in [0.25, 0.3) is 0 Å². The summed E-state index contributed by atoms with van der Waals surface area (Å²) in [4.78, 5) is 27.4. The lowest BCUT2D eigenvalue weighted by Crippen LogP contribution is -2.50. The normalized spacial score (nSPS) is 29.0. The van der Waals surface area contributed by atoms with Crippen molar-refractivity contribution in [3.8, 4) is 0 Å². The van der Waals surface area contributed by atoms with Crippen LogP contribution in [0.4, 0.5) is 10.7 Å². The molecule has 3 fully saturated rings. The highest BCUT2D eigenvalue weighted by molar-refractivity contribution is 5.74. The number of urea groups is 1. The molecule has 7 nitrogen and oxygen atoms in total. The highest BCUT2D eigenvalue weighted by Crippen LogP contribution is 2.40. The van der Waals surface area contributed by atoms with Gasteiger partial charge in [-0.05, 0) is 37.7 Å². The number of anilines is 1. The van der Waals surface area contributed by atoms with E-state index in [4.69, 9.17) is 4.74 Å². The maximum Gasteiger partial charge on any atom is 0.320 e. The van der Waals surface area contributed by atoms with E-state index in [2.05, 4.69) is 9.97 Å². The SMILES string of the molecule is CN(C)c1nccc([C@@H]2C[C@@H]3CCN(C(=O)N4CCCC4)C[C@H]3O2)n1. The molecule has 0 saturated carbocycles. The van der Waals surface area contributed by atoms with Gasteiger partial charge in [-0.1, -0.05) is 0 Å². The predicted octanol–water partition coefficient (Wildman–Crippen LogP) is 1.91. The van der Waals surface area contributed by atoms with Crippen molar-refractivity contribution in [2.45, 2.75) is 37.9 Å². The second-order valence-corrected chi connectivity index (χ2v) is 7.55.